The highest BCUT2D eigenvalue weighted by Gasteiger charge is 2.41. The molecule has 1 heterocycles. The van der Waals surface area contributed by atoms with Crippen molar-refractivity contribution in [1.29, 1.82) is 0 Å². The molecule has 0 radical (unpaired) electrons. The molecule has 1 aliphatic rings. The number of carbonyl (C=O) groups excluding carboxylic acids is 3. The number of sulfonamides is 1. The van der Waals surface area contributed by atoms with E-state index in [2.05, 4.69) is 5.32 Å². The molecule has 11 heteroatoms. The molecule has 1 atom stereocenters. The molecule has 34 heavy (non-hydrogen) atoms. The van der Waals surface area contributed by atoms with E-state index in [0.29, 0.717) is 19.9 Å². The summed E-state index contributed by atoms with van der Waals surface area (Å²) in [6, 6.07) is 9.75. The van der Waals surface area contributed by atoms with Gasteiger partial charge in [0, 0.05) is 41.2 Å². The molecule has 0 aliphatic carbocycles. The molecular weight excluding hydrogens is 501 g/mol. The van der Waals surface area contributed by atoms with Crippen LogP contribution >= 0.6 is 23.2 Å². The lowest BCUT2D eigenvalue weighted by Crippen LogP contribution is -2.49. The van der Waals surface area contributed by atoms with Crippen molar-refractivity contribution in [2.75, 3.05) is 6.54 Å². The lowest BCUT2D eigenvalue weighted by atomic mass is 10.1. The number of nitrogens with zero attached hydrogens (tertiary/aromatic N) is 2. The summed E-state index contributed by atoms with van der Waals surface area (Å²) in [5, 5.41) is 3.42. The highest BCUT2D eigenvalue weighted by molar-refractivity contribution is 7.90. The lowest BCUT2D eigenvalue weighted by Gasteiger charge is -2.30. The molecule has 0 saturated heterocycles. The van der Waals surface area contributed by atoms with Crippen molar-refractivity contribution in [2.45, 2.75) is 50.7 Å². The molecule has 8 nitrogen and oxygen atoms in total. The van der Waals surface area contributed by atoms with E-state index in [0.717, 1.165) is 0 Å². The number of benzene rings is 2. The molecule has 0 spiro atoms. The topological polar surface area (TPSA) is 104 Å². The molecule has 182 valence electrons. The Balaban J connectivity index is 1.84. The standard InChI is InChI=1S/C23H25Cl2N3O5S/c1-14(2)26-22(30)15(3)27(13-17-18(24)8-6-9-19(17)25)21(29)11-12-28-23(31)16-7-4-5-10-20(16)34(28,32)33/h4-10,14-15H,11-13H2,1-3H3,(H,26,30)/t15-/m1/s1. The third-order valence-electron chi connectivity index (χ3n) is 5.43. The summed E-state index contributed by atoms with van der Waals surface area (Å²) < 4.78 is 26.3. The fraction of sp³-hybridized carbons (Fsp3) is 0.348. The number of amides is 3. The van der Waals surface area contributed by atoms with Gasteiger partial charge in [0.15, 0.2) is 0 Å². The van der Waals surface area contributed by atoms with Crippen molar-refractivity contribution in [3.63, 3.8) is 0 Å². The van der Waals surface area contributed by atoms with Crippen molar-refractivity contribution < 1.29 is 22.8 Å². The van der Waals surface area contributed by atoms with Gasteiger partial charge in [-0.2, -0.15) is 0 Å². The van der Waals surface area contributed by atoms with E-state index in [1.165, 1.54) is 23.1 Å². The zero-order valence-electron chi connectivity index (χ0n) is 18.9. The summed E-state index contributed by atoms with van der Waals surface area (Å²) in [5.41, 5.74) is 0.528. The van der Waals surface area contributed by atoms with Gasteiger partial charge in [-0.15, -0.1) is 0 Å². The Morgan fingerprint density at radius 2 is 1.65 bits per heavy atom. The van der Waals surface area contributed by atoms with Gasteiger partial charge in [-0.05, 0) is 45.0 Å². The number of hydrogen-bond donors (Lipinski definition) is 1. The number of nitrogens with one attached hydrogen (secondary N) is 1. The van der Waals surface area contributed by atoms with Gasteiger partial charge in [0.25, 0.3) is 15.9 Å². The monoisotopic (exact) mass is 525 g/mol. The minimum absolute atomic E-state index is 0.0645. The lowest BCUT2D eigenvalue weighted by molar-refractivity contribution is -0.140. The molecule has 0 saturated carbocycles. The first kappa shape index (κ1) is 26.0. The Hall–Kier alpha value is -2.62. The molecular formula is C23H25Cl2N3O5S. The van der Waals surface area contributed by atoms with Gasteiger partial charge in [-0.25, -0.2) is 12.7 Å². The van der Waals surface area contributed by atoms with E-state index in [4.69, 9.17) is 23.2 Å². The molecule has 0 fully saturated rings. The van der Waals surface area contributed by atoms with Crippen LogP contribution in [0.15, 0.2) is 47.4 Å². The van der Waals surface area contributed by atoms with Crippen molar-refractivity contribution in [3.05, 3.63) is 63.6 Å². The minimum Gasteiger partial charge on any atom is -0.352 e. The first-order valence-corrected chi connectivity index (χ1v) is 12.8. The molecule has 1 N–H and O–H groups in total. The van der Waals surface area contributed by atoms with Crippen LogP contribution in [0.5, 0.6) is 0 Å². The zero-order valence-corrected chi connectivity index (χ0v) is 21.2. The fourth-order valence-electron chi connectivity index (χ4n) is 3.63. The molecule has 0 bridgehead atoms. The van der Waals surface area contributed by atoms with Gasteiger partial charge >= 0.3 is 0 Å². The van der Waals surface area contributed by atoms with Crippen molar-refractivity contribution in [2.24, 2.45) is 0 Å². The van der Waals surface area contributed by atoms with Crippen LogP contribution in [0.25, 0.3) is 0 Å². The molecule has 0 unspecified atom stereocenters. The smallest absolute Gasteiger partial charge is 0.269 e. The third kappa shape index (κ3) is 5.21. The highest BCUT2D eigenvalue weighted by atomic mass is 35.5. The summed E-state index contributed by atoms with van der Waals surface area (Å²) >= 11 is 12.6. The Labute approximate surface area is 208 Å². The molecule has 2 aromatic rings. The van der Waals surface area contributed by atoms with Crippen LogP contribution in [-0.2, 0) is 26.2 Å². The second-order valence-corrected chi connectivity index (χ2v) is 10.8. The molecule has 1 aliphatic heterocycles. The number of fused-ring (bicyclic) bond motifs is 1. The van der Waals surface area contributed by atoms with Crippen LogP contribution < -0.4 is 5.32 Å². The van der Waals surface area contributed by atoms with E-state index in [1.54, 1.807) is 45.0 Å². The maximum absolute atomic E-state index is 13.3. The maximum atomic E-state index is 13.3. The summed E-state index contributed by atoms with van der Waals surface area (Å²) in [6.45, 7) is 4.73. The van der Waals surface area contributed by atoms with E-state index in [-0.39, 0.29) is 41.9 Å². The van der Waals surface area contributed by atoms with Gasteiger partial charge in [-0.3, -0.25) is 14.4 Å². The molecule has 3 rings (SSSR count). The van der Waals surface area contributed by atoms with Crippen molar-refractivity contribution >= 4 is 50.9 Å². The van der Waals surface area contributed by atoms with E-state index >= 15 is 0 Å². The van der Waals surface area contributed by atoms with Crippen LogP contribution in [0.2, 0.25) is 10.0 Å². The fourth-order valence-corrected chi connectivity index (χ4v) is 5.72. The highest BCUT2D eigenvalue weighted by Crippen LogP contribution is 2.30. The second-order valence-electron chi connectivity index (χ2n) is 8.19. The van der Waals surface area contributed by atoms with Crippen molar-refractivity contribution in [1.82, 2.24) is 14.5 Å². The van der Waals surface area contributed by atoms with Crippen LogP contribution in [-0.4, -0.2) is 54.0 Å². The van der Waals surface area contributed by atoms with Gasteiger partial charge in [-0.1, -0.05) is 41.4 Å². The van der Waals surface area contributed by atoms with Gasteiger partial charge in [0.1, 0.15) is 10.9 Å². The molecule has 0 aromatic heterocycles. The average molecular weight is 526 g/mol. The molecule has 2 aromatic carbocycles. The number of hydrogen-bond acceptors (Lipinski definition) is 5. The number of halogens is 2. The van der Waals surface area contributed by atoms with Crippen LogP contribution in [0.4, 0.5) is 0 Å². The van der Waals surface area contributed by atoms with Gasteiger partial charge in [0.05, 0.1) is 5.56 Å². The quantitative estimate of drug-likeness (QED) is 0.568. The van der Waals surface area contributed by atoms with Crippen LogP contribution in [0.1, 0.15) is 43.1 Å². The largest absolute Gasteiger partial charge is 0.352 e. The Bertz CT molecular complexity index is 1210. The predicted molar refractivity (Wildman–Crippen MR) is 129 cm³/mol. The van der Waals surface area contributed by atoms with Crippen molar-refractivity contribution in [3.8, 4) is 0 Å². The molecule has 3 amide bonds. The predicted octanol–water partition coefficient (Wildman–Crippen LogP) is 3.47. The Morgan fingerprint density at radius 3 is 2.24 bits per heavy atom. The first-order chi connectivity index (χ1) is 15.9. The normalized spacial score (nSPS) is 15.2. The Kier molecular flexibility index (Phi) is 7.90. The summed E-state index contributed by atoms with van der Waals surface area (Å²) in [7, 11) is -4.05. The van der Waals surface area contributed by atoms with Gasteiger partial charge in [0.2, 0.25) is 11.8 Å². The van der Waals surface area contributed by atoms with Crippen LogP contribution in [0.3, 0.4) is 0 Å². The minimum atomic E-state index is -4.05. The van der Waals surface area contributed by atoms with E-state index < -0.39 is 27.9 Å². The summed E-state index contributed by atoms with van der Waals surface area (Å²) in [6.07, 6.45) is -0.319. The summed E-state index contributed by atoms with van der Waals surface area (Å²) in [4.78, 5) is 39.8. The van der Waals surface area contributed by atoms with Crippen LogP contribution in [0, 0.1) is 0 Å². The van der Waals surface area contributed by atoms with E-state index in [9.17, 15) is 22.8 Å². The maximum Gasteiger partial charge on any atom is 0.269 e. The zero-order chi connectivity index (χ0) is 25.2. The summed E-state index contributed by atoms with van der Waals surface area (Å²) in [5.74, 6) is -1.60. The first-order valence-electron chi connectivity index (χ1n) is 10.6. The SMILES string of the molecule is CC(C)NC(=O)[C@@H](C)N(Cc1c(Cl)cccc1Cl)C(=O)CCN1C(=O)c2ccccc2S1(=O)=O. The van der Waals surface area contributed by atoms with Gasteiger partial charge < -0.3 is 10.2 Å². The Morgan fingerprint density at radius 1 is 1.03 bits per heavy atom. The average Bonchev–Trinajstić information content (AvgIpc) is 2.96. The number of rotatable bonds is 8. The third-order valence-corrected chi connectivity index (χ3v) is 7.98. The second kappa shape index (κ2) is 10.3. The van der Waals surface area contributed by atoms with E-state index in [1.807, 2.05) is 0 Å². The number of carbonyl (C=O) groups is 3.